The molecule has 6 nitrogen and oxygen atoms in total. The number of hydrogen-bond donors (Lipinski definition) is 1. The Hall–Kier alpha value is -1.73. The molecule has 0 bridgehead atoms. The van der Waals surface area contributed by atoms with Crippen molar-refractivity contribution in [1.82, 2.24) is 20.3 Å². The van der Waals surface area contributed by atoms with Crippen LogP contribution in [0, 0.1) is 6.92 Å². The van der Waals surface area contributed by atoms with Crippen molar-refractivity contribution in [2.45, 2.75) is 44.8 Å². The summed E-state index contributed by atoms with van der Waals surface area (Å²) in [7, 11) is 0. The van der Waals surface area contributed by atoms with Gasteiger partial charge in [0.05, 0.1) is 22.4 Å². The zero-order valence-corrected chi connectivity index (χ0v) is 14.2. The van der Waals surface area contributed by atoms with Crippen LogP contribution in [0.1, 0.15) is 41.2 Å². The van der Waals surface area contributed by atoms with Gasteiger partial charge >= 0.3 is 6.01 Å². The number of hydrogen-bond acceptors (Lipinski definition) is 6. The lowest BCUT2D eigenvalue weighted by Crippen LogP contribution is -2.39. The average Bonchev–Trinajstić information content (AvgIpc) is 2.98. The van der Waals surface area contributed by atoms with Crippen LogP contribution in [0.25, 0.3) is 0 Å². The molecule has 2 aromatic heterocycles. The summed E-state index contributed by atoms with van der Waals surface area (Å²) < 4.78 is 5.75. The Bertz CT molecular complexity index is 668. The number of thiazole rings is 1. The molecule has 0 unspecified atom stereocenters. The molecule has 0 aliphatic heterocycles. The number of amides is 1. The molecule has 1 aliphatic rings. The first kappa shape index (κ1) is 16.1. The Labute approximate surface area is 143 Å². The Balaban J connectivity index is 1.46. The molecule has 8 heteroatoms. The van der Waals surface area contributed by atoms with Crippen molar-refractivity contribution >= 4 is 28.8 Å². The minimum atomic E-state index is -0.0975. The lowest BCUT2D eigenvalue weighted by atomic mass is 9.93. The summed E-state index contributed by atoms with van der Waals surface area (Å²) in [6.45, 7) is 1.89. The summed E-state index contributed by atoms with van der Waals surface area (Å²) in [5, 5.41) is 6.22. The maximum atomic E-state index is 12.1. The topological polar surface area (TPSA) is 77.0 Å². The smallest absolute Gasteiger partial charge is 0.316 e. The maximum absolute atomic E-state index is 12.1. The summed E-state index contributed by atoms with van der Waals surface area (Å²) in [5.74, 6) is -0.0975. The van der Waals surface area contributed by atoms with Crippen LogP contribution >= 0.6 is 22.9 Å². The number of carbonyl (C=O) groups is 1. The molecule has 3 rings (SSSR count). The van der Waals surface area contributed by atoms with Crippen molar-refractivity contribution in [2.75, 3.05) is 0 Å². The van der Waals surface area contributed by atoms with E-state index < -0.39 is 0 Å². The second kappa shape index (κ2) is 7.23. The standard InChI is InChI=1S/C15H17ClN4O2S/c1-9-19-13(8-23-9)14(21)20-11-2-4-12(5-3-11)22-15-17-6-10(16)7-18-15/h6-8,11-12H,2-5H2,1H3,(H,20,21). The van der Waals surface area contributed by atoms with E-state index in [1.54, 1.807) is 5.38 Å². The van der Waals surface area contributed by atoms with Gasteiger partial charge in [-0.15, -0.1) is 11.3 Å². The van der Waals surface area contributed by atoms with Crippen LogP contribution in [0.4, 0.5) is 0 Å². The lowest BCUT2D eigenvalue weighted by molar-refractivity contribution is 0.0881. The van der Waals surface area contributed by atoms with E-state index in [1.807, 2.05) is 6.92 Å². The second-order valence-corrected chi connectivity index (χ2v) is 7.00. The van der Waals surface area contributed by atoms with Crippen LogP contribution in [-0.2, 0) is 0 Å². The van der Waals surface area contributed by atoms with E-state index in [2.05, 4.69) is 20.3 Å². The molecule has 1 amide bonds. The molecular formula is C15H17ClN4O2S. The van der Waals surface area contributed by atoms with Crippen LogP contribution in [0.5, 0.6) is 6.01 Å². The molecule has 1 aliphatic carbocycles. The van der Waals surface area contributed by atoms with E-state index in [-0.39, 0.29) is 18.1 Å². The first-order valence-electron chi connectivity index (χ1n) is 7.47. The van der Waals surface area contributed by atoms with Crippen LogP contribution < -0.4 is 10.1 Å². The molecule has 1 fully saturated rings. The van der Waals surface area contributed by atoms with Crippen molar-refractivity contribution in [3.8, 4) is 6.01 Å². The van der Waals surface area contributed by atoms with Gasteiger partial charge in [0.15, 0.2) is 0 Å². The number of aromatic nitrogens is 3. The average molecular weight is 353 g/mol. The van der Waals surface area contributed by atoms with Crippen LogP contribution in [0.2, 0.25) is 5.02 Å². The van der Waals surface area contributed by atoms with Gasteiger partial charge in [0.25, 0.3) is 5.91 Å². The van der Waals surface area contributed by atoms with Crippen molar-refractivity contribution < 1.29 is 9.53 Å². The molecule has 0 saturated heterocycles. The highest BCUT2D eigenvalue weighted by atomic mass is 35.5. The van der Waals surface area contributed by atoms with Crippen molar-refractivity contribution in [1.29, 1.82) is 0 Å². The zero-order chi connectivity index (χ0) is 16.2. The highest BCUT2D eigenvalue weighted by molar-refractivity contribution is 7.09. The summed E-state index contributed by atoms with van der Waals surface area (Å²) in [5.41, 5.74) is 0.500. The summed E-state index contributed by atoms with van der Waals surface area (Å²) in [4.78, 5) is 24.4. The van der Waals surface area contributed by atoms with Crippen LogP contribution in [-0.4, -0.2) is 33.0 Å². The maximum Gasteiger partial charge on any atom is 0.316 e. The first-order chi connectivity index (χ1) is 11.1. The van der Waals surface area contributed by atoms with E-state index in [0.29, 0.717) is 16.7 Å². The number of carbonyl (C=O) groups excluding carboxylic acids is 1. The van der Waals surface area contributed by atoms with Crippen molar-refractivity contribution in [2.24, 2.45) is 0 Å². The number of nitrogens with one attached hydrogen (secondary N) is 1. The highest BCUT2D eigenvalue weighted by Gasteiger charge is 2.25. The summed E-state index contributed by atoms with van der Waals surface area (Å²) in [6, 6.07) is 0.510. The van der Waals surface area contributed by atoms with Gasteiger partial charge in [-0.05, 0) is 32.6 Å². The quantitative estimate of drug-likeness (QED) is 0.915. The third-order valence-electron chi connectivity index (χ3n) is 3.73. The largest absolute Gasteiger partial charge is 0.460 e. The number of rotatable bonds is 4. The number of nitrogens with zero attached hydrogens (tertiary/aromatic N) is 3. The fourth-order valence-corrected chi connectivity index (χ4v) is 3.25. The van der Waals surface area contributed by atoms with E-state index in [0.717, 1.165) is 30.7 Å². The molecule has 122 valence electrons. The molecule has 23 heavy (non-hydrogen) atoms. The Kier molecular flexibility index (Phi) is 5.07. The molecule has 0 spiro atoms. The third kappa shape index (κ3) is 4.39. The van der Waals surface area contributed by atoms with Crippen LogP contribution in [0.15, 0.2) is 17.8 Å². The summed E-state index contributed by atoms with van der Waals surface area (Å²) >= 11 is 7.23. The van der Waals surface area contributed by atoms with Crippen molar-refractivity contribution in [3.63, 3.8) is 0 Å². The van der Waals surface area contributed by atoms with Gasteiger partial charge in [-0.3, -0.25) is 4.79 Å². The lowest BCUT2D eigenvalue weighted by Gasteiger charge is -2.28. The Morgan fingerprint density at radius 2 is 2.00 bits per heavy atom. The van der Waals surface area contributed by atoms with Gasteiger partial charge in [-0.1, -0.05) is 11.6 Å². The normalized spacial score (nSPS) is 21.0. The fraction of sp³-hybridized carbons (Fsp3) is 0.467. The van der Waals surface area contributed by atoms with Gasteiger partial charge in [-0.25, -0.2) is 15.0 Å². The molecule has 0 atom stereocenters. The van der Waals surface area contributed by atoms with E-state index in [9.17, 15) is 4.79 Å². The van der Waals surface area contributed by atoms with Crippen LogP contribution in [0.3, 0.4) is 0 Å². The zero-order valence-electron chi connectivity index (χ0n) is 12.7. The molecular weight excluding hydrogens is 336 g/mol. The van der Waals surface area contributed by atoms with Crippen molar-refractivity contribution in [3.05, 3.63) is 33.5 Å². The van der Waals surface area contributed by atoms with E-state index in [4.69, 9.17) is 16.3 Å². The molecule has 2 heterocycles. The molecule has 0 radical (unpaired) electrons. The number of halogens is 1. The Morgan fingerprint density at radius 3 is 2.61 bits per heavy atom. The fourth-order valence-electron chi connectivity index (χ4n) is 2.56. The number of aryl methyl sites for hydroxylation is 1. The van der Waals surface area contributed by atoms with E-state index >= 15 is 0 Å². The second-order valence-electron chi connectivity index (χ2n) is 5.50. The van der Waals surface area contributed by atoms with Gasteiger partial charge in [0.2, 0.25) is 0 Å². The molecule has 1 saturated carbocycles. The van der Waals surface area contributed by atoms with Gasteiger partial charge in [-0.2, -0.15) is 0 Å². The minimum Gasteiger partial charge on any atom is -0.460 e. The highest BCUT2D eigenvalue weighted by Crippen LogP contribution is 2.23. The van der Waals surface area contributed by atoms with E-state index in [1.165, 1.54) is 23.7 Å². The summed E-state index contributed by atoms with van der Waals surface area (Å²) in [6.07, 6.45) is 6.56. The van der Waals surface area contributed by atoms with Gasteiger partial charge < -0.3 is 10.1 Å². The predicted molar refractivity (Wildman–Crippen MR) is 88.0 cm³/mol. The van der Waals surface area contributed by atoms with Gasteiger partial charge in [0.1, 0.15) is 11.8 Å². The first-order valence-corrected chi connectivity index (χ1v) is 8.73. The predicted octanol–water partition coefficient (Wildman–Crippen LogP) is 3.01. The molecule has 0 aromatic carbocycles. The SMILES string of the molecule is Cc1nc(C(=O)NC2CCC(Oc3ncc(Cl)cn3)CC2)cs1. The molecule has 2 aromatic rings. The Morgan fingerprint density at radius 1 is 1.30 bits per heavy atom. The third-order valence-corrected chi connectivity index (χ3v) is 4.70. The monoisotopic (exact) mass is 352 g/mol. The minimum absolute atomic E-state index is 0.0749. The molecule has 1 N–H and O–H groups in total. The number of ether oxygens (including phenoxy) is 1. The van der Waals surface area contributed by atoms with Gasteiger partial charge in [0, 0.05) is 11.4 Å².